The predicted octanol–water partition coefficient (Wildman–Crippen LogP) is 2.22. The number of hydrogen-bond donors (Lipinski definition) is 2. The molecule has 1 unspecified atom stereocenters. The van der Waals surface area contributed by atoms with Crippen LogP contribution in [0.2, 0.25) is 0 Å². The molecule has 0 spiro atoms. The van der Waals surface area contributed by atoms with E-state index in [2.05, 4.69) is 5.32 Å². The number of carboxylic acid groups (broad SMARTS) is 1. The van der Waals surface area contributed by atoms with Crippen LogP contribution >= 0.6 is 0 Å². The van der Waals surface area contributed by atoms with Crippen LogP contribution in [-0.4, -0.2) is 24.7 Å². The molecule has 0 amide bonds. The summed E-state index contributed by atoms with van der Waals surface area (Å²) >= 11 is 0. The number of benzene rings is 1. The first-order chi connectivity index (χ1) is 7.69. The lowest BCUT2D eigenvalue weighted by atomic mass is 10.1. The lowest BCUT2D eigenvalue weighted by Gasteiger charge is -2.14. The molecule has 1 rings (SSSR count). The van der Waals surface area contributed by atoms with Crippen LogP contribution in [0.25, 0.3) is 0 Å². The van der Waals surface area contributed by atoms with Gasteiger partial charge in [0.2, 0.25) is 0 Å². The Labute approximate surface area is 95.2 Å². The molecule has 0 heterocycles. The summed E-state index contributed by atoms with van der Waals surface area (Å²) < 4.78 is 5.16. The van der Waals surface area contributed by atoms with Gasteiger partial charge in [-0.15, -0.1) is 0 Å². The monoisotopic (exact) mass is 223 g/mol. The summed E-state index contributed by atoms with van der Waals surface area (Å²) in [4.78, 5) is 10.8. The fourth-order valence-corrected chi connectivity index (χ4v) is 1.43. The maximum Gasteiger partial charge on any atom is 0.308 e. The molecule has 1 aromatic carbocycles. The molecule has 0 aliphatic carbocycles. The van der Waals surface area contributed by atoms with Crippen LogP contribution in [0.4, 0.5) is 5.69 Å². The molecule has 1 atom stereocenters. The van der Waals surface area contributed by atoms with Crippen LogP contribution < -0.4 is 10.1 Å². The fourth-order valence-electron chi connectivity index (χ4n) is 1.43. The lowest BCUT2D eigenvalue weighted by molar-refractivity contribution is -0.141. The van der Waals surface area contributed by atoms with Gasteiger partial charge in [-0.05, 0) is 18.6 Å². The van der Waals surface area contributed by atoms with E-state index in [1.807, 2.05) is 31.2 Å². The van der Waals surface area contributed by atoms with Crippen molar-refractivity contribution in [1.29, 1.82) is 0 Å². The Morgan fingerprint density at radius 3 is 2.75 bits per heavy atom. The van der Waals surface area contributed by atoms with Crippen molar-refractivity contribution in [3.05, 3.63) is 24.3 Å². The first-order valence-corrected chi connectivity index (χ1v) is 5.28. The highest BCUT2D eigenvalue weighted by Crippen LogP contribution is 2.23. The second-order valence-corrected chi connectivity index (χ2v) is 3.52. The number of anilines is 1. The molecular weight excluding hydrogens is 206 g/mol. The van der Waals surface area contributed by atoms with Crippen LogP contribution in [0.15, 0.2) is 24.3 Å². The molecule has 0 bridgehead atoms. The number of rotatable bonds is 6. The van der Waals surface area contributed by atoms with Gasteiger partial charge >= 0.3 is 5.97 Å². The zero-order valence-corrected chi connectivity index (χ0v) is 9.56. The third kappa shape index (κ3) is 3.15. The Balaban J connectivity index is 2.63. The quantitative estimate of drug-likeness (QED) is 0.776. The second-order valence-electron chi connectivity index (χ2n) is 3.52. The molecule has 2 N–H and O–H groups in total. The summed E-state index contributed by atoms with van der Waals surface area (Å²) in [7, 11) is 1.59. The van der Waals surface area contributed by atoms with Crippen molar-refractivity contribution in [3.63, 3.8) is 0 Å². The molecule has 0 saturated heterocycles. The van der Waals surface area contributed by atoms with Crippen LogP contribution in [-0.2, 0) is 4.79 Å². The molecular formula is C12H17NO3. The molecule has 0 radical (unpaired) electrons. The van der Waals surface area contributed by atoms with E-state index in [0.29, 0.717) is 13.0 Å². The second kappa shape index (κ2) is 6.00. The SMILES string of the molecule is CCC(CNc1ccccc1OC)C(=O)O. The minimum Gasteiger partial charge on any atom is -0.495 e. The Morgan fingerprint density at radius 1 is 1.50 bits per heavy atom. The van der Waals surface area contributed by atoms with Gasteiger partial charge in [-0.2, -0.15) is 0 Å². The third-order valence-electron chi connectivity index (χ3n) is 2.49. The molecule has 4 heteroatoms. The van der Waals surface area contributed by atoms with E-state index in [9.17, 15) is 4.79 Å². The Morgan fingerprint density at radius 2 is 2.19 bits per heavy atom. The van der Waals surface area contributed by atoms with Crippen molar-refractivity contribution in [1.82, 2.24) is 0 Å². The van der Waals surface area contributed by atoms with E-state index < -0.39 is 5.97 Å². The van der Waals surface area contributed by atoms with Crippen molar-refractivity contribution in [2.75, 3.05) is 19.0 Å². The fraction of sp³-hybridized carbons (Fsp3) is 0.417. The molecule has 0 fully saturated rings. The highest BCUT2D eigenvalue weighted by Gasteiger charge is 2.14. The normalized spacial score (nSPS) is 11.9. The molecule has 1 aromatic rings. The number of carboxylic acids is 1. The van der Waals surface area contributed by atoms with Crippen LogP contribution in [0.5, 0.6) is 5.75 Å². The summed E-state index contributed by atoms with van der Waals surface area (Å²) in [5, 5.41) is 12.0. The van der Waals surface area contributed by atoms with E-state index in [1.165, 1.54) is 0 Å². The third-order valence-corrected chi connectivity index (χ3v) is 2.49. The van der Waals surface area contributed by atoms with Gasteiger partial charge in [0, 0.05) is 6.54 Å². The van der Waals surface area contributed by atoms with Crippen molar-refractivity contribution in [3.8, 4) is 5.75 Å². The maximum atomic E-state index is 10.8. The number of carbonyl (C=O) groups is 1. The molecule has 16 heavy (non-hydrogen) atoms. The zero-order chi connectivity index (χ0) is 12.0. The van der Waals surface area contributed by atoms with Gasteiger partial charge in [0.15, 0.2) is 0 Å². The highest BCUT2D eigenvalue weighted by atomic mass is 16.5. The first kappa shape index (κ1) is 12.4. The van der Waals surface area contributed by atoms with Gasteiger partial charge in [0.25, 0.3) is 0 Å². The van der Waals surface area contributed by atoms with Gasteiger partial charge in [0.1, 0.15) is 5.75 Å². The van der Waals surface area contributed by atoms with Gasteiger partial charge in [0.05, 0.1) is 18.7 Å². The standard InChI is InChI=1S/C12H17NO3/c1-3-9(12(14)15)8-13-10-6-4-5-7-11(10)16-2/h4-7,9,13H,3,8H2,1-2H3,(H,14,15). The van der Waals surface area contributed by atoms with Gasteiger partial charge in [-0.1, -0.05) is 19.1 Å². The van der Waals surface area contributed by atoms with Crippen molar-refractivity contribution in [2.24, 2.45) is 5.92 Å². The minimum atomic E-state index is -0.773. The molecule has 0 aliphatic heterocycles. The largest absolute Gasteiger partial charge is 0.495 e. The molecule has 0 aliphatic rings. The van der Waals surface area contributed by atoms with E-state index in [0.717, 1.165) is 11.4 Å². The van der Waals surface area contributed by atoms with E-state index in [1.54, 1.807) is 7.11 Å². The van der Waals surface area contributed by atoms with E-state index >= 15 is 0 Å². The van der Waals surface area contributed by atoms with Crippen LogP contribution in [0, 0.1) is 5.92 Å². The lowest BCUT2D eigenvalue weighted by Crippen LogP contribution is -2.22. The topological polar surface area (TPSA) is 58.6 Å². The number of hydrogen-bond acceptors (Lipinski definition) is 3. The van der Waals surface area contributed by atoms with Gasteiger partial charge in [-0.3, -0.25) is 4.79 Å². The number of ether oxygens (including phenoxy) is 1. The van der Waals surface area contributed by atoms with Crippen molar-refractivity contribution in [2.45, 2.75) is 13.3 Å². The summed E-state index contributed by atoms with van der Waals surface area (Å²) in [5.74, 6) is -0.419. The molecule has 0 saturated carbocycles. The number of methoxy groups -OCH3 is 1. The van der Waals surface area contributed by atoms with E-state index in [4.69, 9.17) is 9.84 Å². The summed E-state index contributed by atoms with van der Waals surface area (Å²) in [6.07, 6.45) is 0.609. The van der Waals surface area contributed by atoms with E-state index in [-0.39, 0.29) is 5.92 Å². The summed E-state index contributed by atoms with van der Waals surface area (Å²) in [6, 6.07) is 7.46. The summed E-state index contributed by atoms with van der Waals surface area (Å²) in [6.45, 7) is 2.27. The number of aliphatic carboxylic acids is 1. The predicted molar refractivity (Wildman–Crippen MR) is 62.9 cm³/mol. The number of nitrogens with one attached hydrogen (secondary N) is 1. The van der Waals surface area contributed by atoms with Crippen LogP contribution in [0.1, 0.15) is 13.3 Å². The smallest absolute Gasteiger partial charge is 0.308 e. The molecule has 88 valence electrons. The Bertz CT molecular complexity index is 352. The average molecular weight is 223 g/mol. The van der Waals surface area contributed by atoms with Gasteiger partial charge in [-0.25, -0.2) is 0 Å². The molecule has 4 nitrogen and oxygen atoms in total. The maximum absolute atomic E-state index is 10.8. The number of para-hydroxylation sites is 2. The molecule has 0 aromatic heterocycles. The zero-order valence-electron chi connectivity index (χ0n) is 9.56. The van der Waals surface area contributed by atoms with Crippen LogP contribution in [0.3, 0.4) is 0 Å². The van der Waals surface area contributed by atoms with Crippen molar-refractivity contribution >= 4 is 11.7 Å². The Kier molecular flexibility index (Phi) is 4.64. The Hall–Kier alpha value is -1.71. The summed E-state index contributed by atoms with van der Waals surface area (Å²) in [5.41, 5.74) is 0.824. The van der Waals surface area contributed by atoms with Crippen molar-refractivity contribution < 1.29 is 14.6 Å². The minimum absolute atomic E-state index is 0.370. The average Bonchev–Trinajstić information content (AvgIpc) is 2.30. The first-order valence-electron chi connectivity index (χ1n) is 5.28. The van der Waals surface area contributed by atoms with Gasteiger partial charge < -0.3 is 15.2 Å². The highest BCUT2D eigenvalue weighted by molar-refractivity contribution is 5.71.